The normalized spacial score (nSPS) is 9.79. The highest BCUT2D eigenvalue weighted by Gasteiger charge is 2.07. The van der Waals surface area contributed by atoms with Crippen LogP contribution >= 0.6 is 11.3 Å². The van der Waals surface area contributed by atoms with Gasteiger partial charge in [-0.15, -0.1) is 11.3 Å². The van der Waals surface area contributed by atoms with E-state index < -0.39 is 5.97 Å². The van der Waals surface area contributed by atoms with Crippen molar-refractivity contribution in [2.75, 3.05) is 6.54 Å². The molecule has 0 saturated carbocycles. The van der Waals surface area contributed by atoms with Gasteiger partial charge in [0.15, 0.2) is 0 Å². The molecule has 0 unspecified atom stereocenters. The number of nitrogens with one attached hydrogen (secondary N) is 1. The quantitative estimate of drug-likeness (QED) is 0.791. The molecule has 0 aromatic carbocycles. The molecule has 0 atom stereocenters. The van der Waals surface area contributed by atoms with Crippen LogP contribution in [0.4, 0.5) is 0 Å². The Bertz CT molecular complexity index is 346. The average Bonchev–Trinajstić information content (AvgIpc) is 2.51. The summed E-state index contributed by atoms with van der Waals surface area (Å²) in [6, 6.07) is 3.59. The van der Waals surface area contributed by atoms with Gasteiger partial charge in [-0.05, 0) is 19.1 Å². The summed E-state index contributed by atoms with van der Waals surface area (Å²) in [5.74, 6) is -1.11. The summed E-state index contributed by atoms with van der Waals surface area (Å²) in [6.45, 7) is 2.09. The van der Waals surface area contributed by atoms with Crippen molar-refractivity contribution in [2.45, 2.75) is 13.3 Å². The summed E-state index contributed by atoms with van der Waals surface area (Å²) in [5.41, 5.74) is 0. The molecule has 0 aliphatic carbocycles. The first-order chi connectivity index (χ1) is 6.59. The first kappa shape index (κ1) is 10.7. The largest absolute Gasteiger partial charge is 0.481 e. The summed E-state index contributed by atoms with van der Waals surface area (Å²) >= 11 is 1.40. The molecule has 0 bridgehead atoms. The number of thiophene rings is 1. The zero-order valence-corrected chi connectivity index (χ0v) is 8.56. The number of aryl methyl sites for hydroxylation is 1. The van der Waals surface area contributed by atoms with Crippen LogP contribution in [0.1, 0.15) is 21.0 Å². The van der Waals surface area contributed by atoms with Crippen molar-refractivity contribution in [3.05, 3.63) is 21.9 Å². The van der Waals surface area contributed by atoms with Gasteiger partial charge in [0.1, 0.15) is 0 Å². The highest BCUT2D eigenvalue weighted by atomic mass is 32.1. The van der Waals surface area contributed by atoms with Crippen molar-refractivity contribution in [3.8, 4) is 0 Å². The van der Waals surface area contributed by atoms with Crippen molar-refractivity contribution in [2.24, 2.45) is 0 Å². The first-order valence-electron chi connectivity index (χ1n) is 4.16. The van der Waals surface area contributed by atoms with E-state index in [1.165, 1.54) is 11.3 Å². The molecule has 0 fully saturated rings. The fourth-order valence-corrected chi connectivity index (χ4v) is 1.71. The minimum absolute atomic E-state index is 0.0455. The van der Waals surface area contributed by atoms with Gasteiger partial charge in [-0.1, -0.05) is 0 Å². The van der Waals surface area contributed by atoms with Crippen LogP contribution in [0.25, 0.3) is 0 Å². The Morgan fingerprint density at radius 3 is 2.71 bits per heavy atom. The molecule has 2 N–H and O–H groups in total. The molecule has 76 valence electrons. The molecule has 1 aromatic heterocycles. The fourth-order valence-electron chi connectivity index (χ4n) is 0.927. The summed E-state index contributed by atoms with van der Waals surface area (Å²) in [7, 11) is 0. The van der Waals surface area contributed by atoms with Gasteiger partial charge in [0.2, 0.25) is 0 Å². The number of carbonyl (C=O) groups is 2. The van der Waals surface area contributed by atoms with E-state index in [-0.39, 0.29) is 18.9 Å². The van der Waals surface area contributed by atoms with Crippen molar-refractivity contribution >= 4 is 23.2 Å². The maximum atomic E-state index is 11.3. The SMILES string of the molecule is Cc1ccc(C(=O)NCCC(=O)O)s1. The van der Waals surface area contributed by atoms with Gasteiger partial charge in [0.05, 0.1) is 11.3 Å². The molecule has 1 amide bonds. The van der Waals surface area contributed by atoms with E-state index in [1.54, 1.807) is 6.07 Å². The topological polar surface area (TPSA) is 66.4 Å². The van der Waals surface area contributed by atoms with Crippen molar-refractivity contribution in [3.63, 3.8) is 0 Å². The molecule has 1 aromatic rings. The summed E-state index contributed by atoms with van der Waals surface area (Å²) in [5, 5.41) is 10.9. The standard InChI is InChI=1S/C9H11NO3S/c1-6-2-3-7(14-6)9(13)10-5-4-8(11)12/h2-3H,4-5H2,1H3,(H,10,13)(H,11,12). The van der Waals surface area contributed by atoms with Gasteiger partial charge in [-0.2, -0.15) is 0 Å². The van der Waals surface area contributed by atoms with E-state index in [2.05, 4.69) is 5.32 Å². The zero-order chi connectivity index (χ0) is 10.6. The van der Waals surface area contributed by atoms with Gasteiger partial charge in [-0.3, -0.25) is 9.59 Å². The number of hydrogen-bond acceptors (Lipinski definition) is 3. The van der Waals surface area contributed by atoms with E-state index in [1.807, 2.05) is 13.0 Å². The third-order valence-corrected chi connectivity index (χ3v) is 2.59. The maximum absolute atomic E-state index is 11.3. The van der Waals surface area contributed by atoms with Crippen LogP contribution in [0, 0.1) is 6.92 Å². The molecule has 1 heterocycles. The van der Waals surface area contributed by atoms with Crippen molar-refractivity contribution in [1.82, 2.24) is 5.32 Å². The van der Waals surface area contributed by atoms with Crippen LogP contribution in [0.15, 0.2) is 12.1 Å². The van der Waals surface area contributed by atoms with E-state index in [0.717, 1.165) is 4.88 Å². The maximum Gasteiger partial charge on any atom is 0.305 e. The number of rotatable bonds is 4. The Balaban J connectivity index is 2.39. The summed E-state index contributed by atoms with van der Waals surface area (Å²) < 4.78 is 0. The van der Waals surface area contributed by atoms with Gasteiger partial charge in [0, 0.05) is 11.4 Å². The molecule has 0 radical (unpaired) electrons. The molecular weight excluding hydrogens is 202 g/mol. The lowest BCUT2D eigenvalue weighted by Gasteiger charge is -1.99. The Hall–Kier alpha value is -1.36. The molecule has 0 aliphatic heterocycles. The van der Waals surface area contributed by atoms with Crippen molar-refractivity contribution in [1.29, 1.82) is 0 Å². The number of aliphatic carboxylic acids is 1. The fraction of sp³-hybridized carbons (Fsp3) is 0.333. The lowest BCUT2D eigenvalue weighted by Crippen LogP contribution is -2.25. The number of hydrogen-bond donors (Lipinski definition) is 2. The van der Waals surface area contributed by atoms with Crippen molar-refractivity contribution < 1.29 is 14.7 Å². The summed E-state index contributed by atoms with van der Waals surface area (Å²) in [6.07, 6.45) is -0.0455. The number of amides is 1. The second kappa shape index (κ2) is 4.76. The lowest BCUT2D eigenvalue weighted by molar-refractivity contribution is -0.136. The van der Waals surface area contributed by atoms with E-state index in [0.29, 0.717) is 4.88 Å². The minimum atomic E-state index is -0.910. The Kier molecular flexibility index (Phi) is 3.64. The predicted molar refractivity (Wildman–Crippen MR) is 53.6 cm³/mol. The monoisotopic (exact) mass is 213 g/mol. The lowest BCUT2D eigenvalue weighted by atomic mass is 10.4. The molecule has 0 spiro atoms. The number of carbonyl (C=O) groups excluding carboxylic acids is 1. The van der Waals surface area contributed by atoms with Crippen LogP contribution < -0.4 is 5.32 Å². The van der Waals surface area contributed by atoms with Gasteiger partial charge < -0.3 is 10.4 Å². The number of carboxylic acid groups (broad SMARTS) is 1. The summed E-state index contributed by atoms with van der Waals surface area (Å²) in [4.78, 5) is 23.2. The van der Waals surface area contributed by atoms with Gasteiger partial charge in [0.25, 0.3) is 5.91 Å². The van der Waals surface area contributed by atoms with Gasteiger partial charge in [-0.25, -0.2) is 0 Å². The molecular formula is C9H11NO3S. The van der Waals surface area contributed by atoms with Crippen LogP contribution in [-0.2, 0) is 4.79 Å². The van der Waals surface area contributed by atoms with Crippen LogP contribution in [0.5, 0.6) is 0 Å². The second-order valence-electron chi connectivity index (χ2n) is 2.81. The first-order valence-corrected chi connectivity index (χ1v) is 4.97. The highest BCUT2D eigenvalue weighted by Crippen LogP contribution is 2.14. The smallest absolute Gasteiger partial charge is 0.305 e. The zero-order valence-electron chi connectivity index (χ0n) is 7.74. The number of carboxylic acids is 1. The third-order valence-electron chi connectivity index (χ3n) is 1.59. The predicted octanol–water partition coefficient (Wildman–Crippen LogP) is 1.26. The molecule has 0 saturated heterocycles. The highest BCUT2D eigenvalue weighted by molar-refractivity contribution is 7.13. The van der Waals surface area contributed by atoms with E-state index in [9.17, 15) is 9.59 Å². The molecule has 1 rings (SSSR count). The van der Waals surface area contributed by atoms with Crippen LogP contribution in [-0.4, -0.2) is 23.5 Å². The van der Waals surface area contributed by atoms with Crippen LogP contribution in [0.2, 0.25) is 0 Å². The second-order valence-corrected chi connectivity index (χ2v) is 4.10. The van der Waals surface area contributed by atoms with E-state index >= 15 is 0 Å². The van der Waals surface area contributed by atoms with Gasteiger partial charge >= 0.3 is 5.97 Å². The Labute approximate surface area is 85.6 Å². The molecule has 0 aliphatic rings. The molecule has 14 heavy (non-hydrogen) atoms. The molecule has 5 heteroatoms. The van der Waals surface area contributed by atoms with E-state index in [4.69, 9.17) is 5.11 Å². The minimum Gasteiger partial charge on any atom is -0.481 e. The van der Waals surface area contributed by atoms with Crippen LogP contribution in [0.3, 0.4) is 0 Å². The average molecular weight is 213 g/mol. The third kappa shape index (κ3) is 3.18. The molecule has 4 nitrogen and oxygen atoms in total. The Morgan fingerprint density at radius 1 is 1.50 bits per heavy atom. The Morgan fingerprint density at radius 2 is 2.21 bits per heavy atom.